The third-order valence-corrected chi connectivity index (χ3v) is 9.64. The van der Waals surface area contributed by atoms with E-state index in [9.17, 15) is 0 Å². The van der Waals surface area contributed by atoms with Crippen LogP contribution in [0, 0.1) is 0 Å². The third kappa shape index (κ3) is 2.05. The van der Waals surface area contributed by atoms with Crippen LogP contribution in [0.2, 0.25) is 0 Å². The van der Waals surface area contributed by atoms with Crippen LogP contribution in [0.1, 0.15) is 44.9 Å². The highest BCUT2D eigenvalue weighted by Crippen LogP contribution is 2.64. The zero-order valence-electron chi connectivity index (χ0n) is 9.58. The molecule has 2 aliphatic heterocycles. The summed E-state index contributed by atoms with van der Waals surface area (Å²) in [6.45, 7) is 0. The zero-order valence-corrected chi connectivity index (χ0v) is 12.8. The van der Waals surface area contributed by atoms with Gasteiger partial charge in [0.25, 0.3) is 0 Å². The lowest BCUT2D eigenvalue weighted by atomic mass is 10.1. The Kier molecular flexibility index (Phi) is 3.11. The van der Waals surface area contributed by atoms with Gasteiger partial charge in [0.15, 0.2) is 0 Å². The first-order valence-electron chi connectivity index (χ1n) is 6.30. The fourth-order valence-electron chi connectivity index (χ4n) is 2.63. The normalized spacial score (nSPS) is 28.2. The number of thioether (sulfide) groups is 4. The van der Waals surface area contributed by atoms with Gasteiger partial charge >= 0.3 is 0 Å². The van der Waals surface area contributed by atoms with Gasteiger partial charge in [-0.15, -0.1) is 0 Å². The van der Waals surface area contributed by atoms with Crippen molar-refractivity contribution in [3.8, 4) is 0 Å². The average Bonchev–Trinajstić information content (AvgIpc) is 3.01. The van der Waals surface area contributed by atoms with Crippen LogP contribution in [0.15, 0.2) is 28.1 Å². The second kappa shape index (κ2) is 4.62. The van der Waals surface area contributed by atoms with E-state index in [2.05, 4.69) is 47.0 Å². The topological polar surface area (TPSA) is 0 Å². The minimum atomic E-state index is 1.34. The van der Waals surface area contributed by atoms with Gasteiger partial charge in [-0.05, 0) is 44.9 Å². The van der Waals surface area contributed by atoms with Gasteiger partial charge in [0.1, 0.15) is 0 Å². The van der Waals surface area contributed by atoms with Gasteiger partial charge in [-0.25, -0.2) is 0 Å². The van der Waals surface area contributed by atoms with E-state index in [1.165, 1.54) is 44.9 Å². The van der Waals surface area contributed by atoms with Crippen LogP contribution in [0.3, 0.4) is 0 Å². The first-order valence-corrected chi connectivity index (χ1v) is 9.56. The molecule has 0 radical (unpaired) electrons. The molecule has 0 spiro atoms. The number of rotatable bonds is 0. The van der Waals surface area contributed by atoms with Crippen LogP contribution >= 0.6 is 47.0 Å². The van der Waals surface area contributed by atoms with Crippen molar-refractivity contribution >= 4 is 47.0 Å². The van der Waals surface area contributed by atoms with E-state index in [1.807, 2.05) is 0 Å². The van der Waals surface area contributed by atoms with Gasteiger partial charge in [0.05, 0.1) is 8.47 Å². The standard InChI is InChI=1S/C13H14S4/c1-2-5-9-8(4-1)14-12(15-9)13-16-10-6-3-7-11(10)17-13/h1-7H2. The number of hydrogen-bond acceptors (Lipinski definition) is 4. The molecule has 90 valence electrons. The lowest BCUT2D eigenvalue weighted by Crippen LogP contribution is -1.89. The molecular formula is C13H14S4. The van der Waals surface area contributed by atoms with Crippen molar-refractivity contribution in [1.29, 1.82) is 0 Å². The molecule has 0 saturated carbocycles. The molecule has 0 bridgehead atoms. The lowest BCUT2D eigenvalue weighted by Gasteiger charge is -2.09. The summed E-state index contributed by atoms with van der Waals surface area (Å²) in [4.78, 5) is 6.75. The Morgan fingerprint density at radius 2 is 0.824 bits per heavy atom. The highest BCUT2D eigenvalue weighted by atomic mass is 32.2. The molecule has 0 fully saturated rings. The molecular weight excluding hydrogens is 284 g/mol. The molecule has 4 aliphatic rings. The molecule has 0 saturated heterocycles. The van der Waals surface area contributed by atoms with Crippen molar-refractivity contribution in [3.63, 3.8) is 0 Å². The second-order valence-corrected chi connectivity index (χ2v) is 9.67. The second-order valence-electron chi connectivity index (χ2n) is 4.74. The van der Waals surface area contributed by atoms with Gasteiger partial charge in [-0.3, -0.25) is 0 Å². The van der Waals surface area contributed by atoms with E-state index in [-0.39, 0.29) is 0 Å². The predicted octanol–water partition coefficient (Wildman–Crippen LogP) is 6.25. The molecule has 0 unspecified atom stereocenters. The molecule has 0 N–H and O–H groups in total. The predicted molar refractivity (Wildman–Crippen MR) is 83.8 cm³/mol. The van der Waals surface area contributed by atoms with Crippen molar-refractivity contribution < 1.29 is 0 Å². The molecule has 4 heteroatoms. The van der Waals surface area contributed by atoms with Crippen molar-refractivity contribution in [2.75, 3.05) is 0 Å². The Morgan fingerprint density at radius 1 is 0.471 bits per heavy atom. The molecule has 2 heterocycles. The van der Waals surface area contributed by atoms with Gasteiger partial charge in [-0.2, -0.15) is 0 Å². The monoisotopic (exact) mass is 298 g/mol. The maximum absolute atomic E-state index is 2.08. The molecule has 0 aromatic carbocycles. The first-order chi connectivity index (χ1) is 8.40. The zero-order chi connectivity index (χ0) is 11.2. The highest BCUT2D eigenvalue weighted by Gasteiger charge is 2.31. The summed E-state index contributed by atoms with van der Waals surface area (Å²) in [5.74, 6) is 0. The fourth-order valence-corrected chi connectivity index (χ4v) is 8.74. The van der Waals surface area contributed by atoms with Gasteiger partial charge in [0.2, 0.25) is 0 Å². The summed E-state index contributed by atoms with van der Waals surface area (Å²) in [5, 5.41) is 0. The molecule has 0 aromatic rings. The van der Waals surface area contributed by atoms with Crippen LogP contribution in [-0.2, 0) is 0 Å². The van der Waals surface area contributed by atoms with Crippen molar-refractivity contribution in [3.05, 3.63) is 28.1 Å². The maximum Gasteiger partial charge on any atom is 0.0700 e. The molecule has 0 aromatic heterocycles. The molecule has 0 amide bonds. The molecule has 4 rings (SSSR count). The Bertz CT molecular complexity index is 432. The van der Waals surface area contributed by atoms with E-state index >= 15 is 0 Å². The Morgan fingerprint density at radius 3 is 1.24 bits per heavy atom. The van der Waals surface area contributed by atoms with Gasteiger partial charge in [0, 0.05) is 19.6 Å². The van der Waals surface area contributed by atoms with Gasteiger partial charge in [-0.1, -0.05) is 47.0 Å². The van der Waals surface area contributed by atoms with Crippen LogP contribution in [0.5, 0.6) is 0 Å². The summed E-state index contributed by atoms with van der Waals surface area (Å²) < 4.78 is 3.19. The SMILES string of the molecule is C1CCC2=C(C1)SC(=C1SC3=C(CCC3)S1)S2. The maximum atomic E-state index is 2.08. The summed E-state index contributed by atoms with van der Waals surface area (Å²) >= 11 is 8.32. The molecule has 0 nitrogen and oxygen atoms in total. The highest BCUT2D eigenvalue weighted by molar-refractivity contribution is 8.34. The van der Waals surface area contributed by atoms with E-state index in [0.29, 0.717) is 0 Å². The van der Waals surface area contributed by atoms with Crippen LogP contribution < -0.4 is 0 Å². The largest absolute Gasteiger partial charge is 0.0846 e. The Hall–Kier alpha value is 0.620. The summed E-state index contributed by atoms with van der Waals surface area (Å²) in [7, 11) is 0. The van der Waals surface area contributed by atoms with E-state index in [4.69, 9.17) is 0 Å². The quantitative estimate of drug-likeness (QED) is 0.518. The van der Waals surface area contributed by atoms with E-state index in [1.54, 1.807) is 28.1 Å². The fraction of sp³-hybridized carbons (Fsp3) is 0.538. The van der Waals surface area contributed by atoms with E-state index < -0.39 is 0 Å². The average molecular weight is 299 g/mol. The minimum absolute atomic E-state index is 1.34. The first kappa shape index (κ1) is 11.4. The minimum Gasteiger partial charge on any atom is -0.0846 e. The number of allylic oxidation sites excluding steroid dienone is 4. The summed E-state index contributed by atoms with van der Waals surface area (Å²) in [6.07, 6.45) is 9.56. The molecule has 17 heavy (non-hydrogen) atoms. The smallest absolute Gasteiger partial charge is 0.0700 e. The van der Waals surface area contributed by atoms with Crippen molar-refractivity contribution in [2.24, 2.45) is 0 Å². The summed E-state index contributed by atoms with van der Waals surface area (Å²) in [6, 6.07) is 0. The third-order valence-electron chi connectivity index (χ3n) is 3.52. The van der Waals surface area contributed by atoms with E-state index in [0.717, 1.165) is 0 Å². The van der Waals surface area contributed by atoms with Crippen molar-refractivity contribution in [2.45, 2.75) is 44.9 Å². The molecule has 0 atom stereocenters. The van der Waals surface area contributed by atoms with Gasteiger partial charge < -0.3 is 0 Å². The van der Waals surface area contributed by atoms with Crippen LogP contribution in [0.4, 0.5) is 0 Å². The Balaban J connectivity index is 1.55. The van der Waals surface area contributed by atoms with Crippen molar-refractivity contribution in [1.82, 2.24) is 0 Å². The Labute approximate surface area is 120 Å². The summed E-state index contributed by atoms with van der Waals surface area (Å²) in [5.41, 5.74) is 0. The lowest BCUT2D eigenvalue weighted by molar-refractivity contribution is 0.718. The molecule has 2 aliphatic carbocycles. The van der Waals surface area contributed by atoms with Crippen LogP contribution in [0.25, 0.3) is 0 Å². The number of hydrogen-bond donors (Lipinski definition) is 0. The van der Waals surface area contributed by atoms with Crippen LogP contribution in [-0.4, -0.2) is 0 Å².